The van der Waals surface area contributed by atoms with Gasteiger partial charge in [-0.15, -0.1) is 5.10 Å². The van der Waals surface area contributed by atoms with E-state index in [0.29, 0.717) is 5.56 Å². The fourth-order valence-corrected chi connectivity index (χ4v) is 3.60. The Hall–Kier alpha value is -2.72. The van der Waals surface area contributed by atoms with Crippen molar-refractivity contribution in [1.29, 1.82) is 0 Å². The number of benzene rings is 1. The predicted molar refractivity (Wildman–Crippen MR) is 89.5 cm³/mol. The van der Waals surface area contributed by atoms with E-state index in [1.54, 1.807) is 13.0 Å². The number of aryl methyl sites for hydroxylation is 1. The van der Waals surface area contributed by atoms with Gasteiger partial charge in [-0.25, -0.2) is 14.3 Å². The van der Waals surface area contributed by atoms with Gasteiger partial charge in [0.15, 0.2) is 0 Å². The van der Waals surface area contributed by atoms with Crippen molar-refractivity contribution < 1.29 is 18.3 Å². The summed E-state index contributed by atoms with van der Waals surface area (Å²) in [4.78, 5) is 19.2. The van der Waals surface area contributed by atoms with E-state index in [9.17, 15) is 18.3 Å². The van der Waals surface area contributed by atoms with Crippen LogP contribution < -0.4 is 4.31 Å². The van der Waals surface area contributed by atoms with Gasteiger partial charge in [0.2, 0.25) is 0 Å². The standard InChI is InChI=1S/C14H12ClN5O4S/c1-8-4-3-5-10(12(21)22)11(8)19(2)25(23,24)14-17-13-16-6-9(15)7-20(13)18-14/h3-7H,1-2H3,(H,21,22). The van der Waals surface area contributed by atoms with Crippen LogP contribution in [0.2, 0.25) is 5.02 Å². The Morgan fingerprint density at radius 3 is 2.76 bits per heavy atom. The van der Waals surface area contributed by atoms with Crippen molar-refractivity contribution in [3.63, 3.8) is 0 Å². The molecule has 9 nitrogen and oxygen atoms in total. The van der Waals surface area contributed by atoms with Crippen LogP contribution in [0.3, 0.4) is 0 Å². The fourth-order valence-electron chi connectivity index (χ4n) is 2.34. The van der Waals surface area contributed by atoms with Crippen molar-refractivity contribution in [1.82, 2.24) is 19.6 Å². The Bertz CT molecular complexity index is 1100. The average molecular weight is 382 g/mol. The lowest BCUT2D eigenvalue weighted by Crippen LogP contribution is -2.30. The quantitative estimate of drug-likeness (QED) is 0.729. The van der Waals surface area contributed by atoms with Gasteiger partial charge in [-0.05, 0) is 18.6 Å². The molecule has 0 aliphatic carbocycles. The second-order valence-corrected chi connectivity index (χ2v) is 7.46. The van der Waals surface area contributed by atoms with E-state index in [1.807, 2.05) is 0 Å². The number of fused-ring (bicyclic) bond motifs is 1. The summed E-state index contributed by atoms with van der Waals surface area (Å²) in [5.74, 6) is -1.18. The SMILES string of the molecule is Cc1cccc(C(=O)O)c1N(C)S(=O)(=O)c1nc2ncc(Cl)cn2n1. The highest BCUT2D eigenvalue weighted by molar-refractivity contribution is 7.92. The number of aromatic nitrogens is 4. The Labute approximate surface area is 147 Å². The molecule has 0 saturated heterocycles. The number of hydrogen-bond acceptors (Lipinski definition) is 6. The number of anilines is 1. The summed E-state index contributed by atoms with van der Waals surface area (Å²) < 4.78 is 27.7. The first-order valence-corrected chi connectivity index (χ1v) is 8.73. The van der Waals surface area contributed by atoms with E-state index < -0.39 is 21.1 Å². The molecule has 1 aromatic carbocycles. The van der Waals surface area contributed by atoms with Gasteiger partial charge >= 0.3 is 16.0 Å². The van der Waals surface area contributed by atoms with Crippen LogP contribution >= 0.6 is 11.6 Å². The summed E-state index contributed by atoms with van der Waals surface area (Å²) in [7, 11) is -2.96. The first-order valence-electron chi connectivity index (χ1n) is 6.91. The third-order valence-electron chi connectivity index (χ3n) is 3.52. The lowest BCUT2D eigenvalue weighted by molar-refractivity contribution is 0.0697. The molecule has 0 aliphatic heterocycles. The van der Waals surface area contributed by atoms with Crippen LogP contribution in [0, 0.1) is 6.92 Å². The minimum Gasteiger partial charge on any atom is -0.478 e. The van der Waals surface area contributed by atoms with Gasteiger partial charge in [-0.3, -0.25) is 4.31 Å². The molecular weight excluding hydrogens is 370 g/mol. The number of nitrogens with zero attached hydrogens (tertiary/aromatic N) is 5. The maximum atomic E-state index is 12.8. The molecule has 0 aliphatic rings. The van der Waals surface area contributed by atoms with Crippen LogP contribution in [0.4, 0.5) is 5.69 Å². The van der Waals surface area contributed by atoms with Crippen LogP contribution in [-0.4, -0.2) is 46.1 Å². The lowest BCUT2D eigenvalue weighted by Gasteiger charge is -2.21. The topological polar surface area (TPSA) is 118 Å². The van der Waals surface area contributed by atoms with Crippen LogP contribution in [0.1, 0.15) is 15.9 Å². The van der Waals surface area contributed by atoms with Crippen molar-refractivity contribution in [2.75, 3.05) is 11.4 Å². The summed E-state index contributed by atoms with van der Waals surface area (Å²) in [6.07, 6.45) is 2.68. The maximum Gasteiger partial charge on any atom is 0.337 e. The number of para-hydroxylation sites is 1. The van der Waals surface area contributed by atoms with Gasteiger partial charge in [0, 0.05) is 7.05 Å². The lowest BCUT2D eigenvalue weighted by atomic mass is 10.1. The molecule has 130 valence electrons. The molecular formula is C14H12ClN5O4S. The number of carboxylic acids is 1. The van der Waals surface area contributed by atoms with Gasteiger partial charge in [0.25, 0.3) is 10.9 Å². The van der Waals surface area contributed by atoms with Crippen molar-refractivity contribution in [2.45, 2.75) is 12.1 Å². The molecule has 1 N–H and O–H groups in total. The Kier molecular flexibility index (Phi) is 4.09. The van der Waals surface area contributed by atoms with Crippen molar-refractivity contribution in [3.8, 4) is 0 Å². The second kappa shape index (κ2) is 5.97. The van der Waals surface area contributed by atoms with E-state index in [2.05, 4.69) is 15.1 Å². The van der Waals surface area contributed by atoms with Gasteiger partial charge in [-0.2, -0.15) is 13.4 Å². The summed E-state index contributed by atoms with van der Waals surface area (Å²) in [6, 6.07) is 4.49. The first kappa shape index (κ1) is 17.1. The van der Waals surface area contributed by atoms with Crippen LogP contribution in [0.15, 0.2) is 35.7 Å². The summed E-state index contributed by atoms with van der Waals surface area (Å²) in [5.41, 5.74) is 0.381. The number of carbonyl (C=O) groups is 1. The van der Waals surface area contributed by atoms with Gasteiger partial charge in [0.05, 0.1) is 28.7 Å². The minimum absolute atomic E-state index is 0.0415. The van der Waals surface area contributed by atoms with Gasteiger partial charge < -0.3 is 5.11 Å². The maximum absolute atomic E-state index is 12.8. The molecule has 0 radical (unpaired) electrons. The minimum atomic E-state index is -4.20. The molecule has 11 heteroatoms. The van der Waals surface area contributed by atoms with Crippen LogP contribution in [0.25, 0.3) is 5.78 Å². The molecule has 0 fully saturated rings. The van der Waals surface area contributed by atoms with Gasteiger partial charge in [0.1, 0.15) is 0 Å². The molecule has 0 unspecified atom stereocenters. The van der Waals surface area contributed by atoms with E-state index in [4.69, 9.17) is 11.6 Å². The average Bonchev–Trinajstić information content (AvgIpc) is 2.97. The Morgan fingerprint density at radius 2 is 2.08 bits per heavy atom. The van der Waals surface area contributed by atoms with E-state index in [-0.39, 0.29) is 22.1 Å². The molecule has 3 aromatic rings. The molecule has 0 bridgehead atoms. The van der Waals surface area contributed by atoms with Crippen molar-refractivity contribution >= 4 is 39.1 Å². The Balaban J connectivity index is 2.15. The number of halogens is 1. The van der Waals surface area contributed by atoms with E-state index >= 15 is 0 Å². The second-order valence-electron chi connectivity index (χ2n) is 5.16. The highest BCUT2D eigenvalue weighted by atomic mass is 35.5. The number of hydrogen-bond donors (Lipinski definition) is 1. The highest BCUT2D eigenvalue weighted by Gasteiger charge is 2.30. The zero-order chi connectivity index (χ0) is 18.4. The first-order chi connectivity index (χ1) is 11.7. The zero-order valence-electron chi connectivity index (χ0n) is 13.1. The number of aromatic carboxylic acids is 1. The van der Waals surface area contributed by atoms with Crippen LogP contribution in [-0.2, 0) is 10.0 Å². The van der Waals surface area contributed by atoms with Gasteiger partial charge in [-0.1, -0.05) is 23.7 Å². The third-order valence-corrected chi connectivity index (χ3v) is 5.25. The van der Waals surface area contributed by atoms with E-state index in [1.165, 1.54) is 31.6 Å². The molecule has 0 saturated carbocycles. The molecule has 25 heavy (non-hydrogen) atoms. The number of rotatable bonds is 4. The van der Waals surface area contributed by atoms with E-state index in [0.717, 1.165) is 8.82 Å². The highest BCUT2D eigenvalue weighted by Crippen LogP contribution is 2.28. The third kappa shape index (κ3) is 2.89. The zero-order valence-corrected chi connectivity index (χ0v) is 14.7. The monoisotopic (exact) mass is 381 g/mol. The summed E-state index contributed by atoms with van der Waals surface area (Å²) in [6.45, 7) is 1.62. The molecule has 0 spiro atoms. The molecule has 0 amide bonds. The predicted octanol–water partition coefficient (Wildman–Crippen LogP) is 1.61. The van der Waals surface area contributed by atoms with Crippen molar-refractivity contribution in [2.24, 2.45) is 0 Å². The molecule has 0 atom stereocenters. The largest absolute Gasteiger partial charge is 0.478 e. The smallest absolute Gasteiger partial charge is 0.337 e. The number of carboxylic acid groups (broad SMARTS) is 1. The molecule has 2 heterocycles. The van der Waals surface area contributed by atoms with Crippen molar-refractivity contribution in [3.05, 3.63) is 46.7 Å². The Morgan fingerprint density at radius 1 is 1.36 bits per heavy atom. The normalized spacial score (nSPS) is 11.6. The van der Waals surface area contributed by atoms with Crippen LogP contribution in [0.5, 0.6) is 0 Å². The molecule has 3 rings (SSSR count). The fraction of sp³-hybridized carbons (Fsp3) is 0.143. The summed E-state index contributed by atoms with van der Waals surface area (Å²) in [5, 5.41) is 13.0. The number of sulfonamides is 1. The summed E-state index contributed by atoms with van der Waals surface area (Å²) >= 11 is 5.80. The molecule has 2 aromatic heterocycles.